The van der Waals surface area contributed by atoms with Crippen molar-refractivity contribution in [3.63, 3.8) is 0 Å². The van der Waals surface area contributed by atoms with Gasteiger partial charge >= 0.3 is 5.82 Å². The van der Waals surface area contributed by atoms with E-state index < -0.39 is 4.92 Å². The van der Waals surface area contributed by atoms with Crippen molar-refractivity contribution in [2.45, 2.75) is 0 Å². The zero-order chi connectivity index (χ0) is 12.6. The lowest BCUT2D eigenvalue weighted by Gasteiger charge is -1.95. The predicted molar refractivity (Wildman–Crippen MR) is 56.8 cm³/mol. The van der Waals surface area contributed by atoms with Crippen LogP contribution in [-0.4, -0.2) is 24.3 Å². The van der Waals surface area contributed by atoms with Crippen LogP contribution in [-0.2, 0) is 14.1 Å². The van der Waals surface area contributed by atoms with E-state index >= 15 is 0 Å². The van der Waals surface area contributed by atoms with Gasteiger partial charge in [0.05, 0.1) is 7.05 Å². The summed E-state index contributed by atoms with van der Waals surface area (Å²) in [6.07, 6.45) is 2.68. The first-order valence-electron chi connectivity index (χ1n) is 4.64. The molecule has 2 rings (SSSR count). The normalized spacial score (nSPS) is 10.2. The van der Waals surface area contributed by atoms with Crippen LogP contribution in [0.3, 0.4) is 0 Å². The molecule has 0 unspecified atom stereocenters. The molecule has 0 saturated heterocycles. The Morgan fingerprint density at radius 2 is 2.24 bits per heavy atom. The summed E-state index contributed by atoms with van der Waals surface area (Å²) in [7, 11) is 3.18. The maximum absolute atomic E-state index is 10.7. The largest absolute Gasteiger partial charge is 0.358 e. The fourth-order valence-electron chi connectivity index (χ4n) is 1.53. The van der Waals surface area contributed by atoms with E-state index in [-0.39, 0.29) is 5.82 Å². The Morgan fingerprint density at radius 1 is 1.53 bits per heavy atom. The van der Waals surface area contributed by atoms with Crippen LogP contribution in [0.15, 0.2) is 12.4 Å². The van der Waals surface area contributed by atoms with Gasteiger partial charge in [0.2, 0.25) is 0 Å². The van der Waals surface area contributed by atoms with Crippen molar-refractivity contribution in [3.8, 4) is 17.6 Å². The maximum atomic E-state index is 10.7. The maximum Gasteiger partial charge on any atom is 0.342 e. The summed E-state index contributed by atoms with van der Waals surface area (Å²) in [6.45, 7) is 0. The van der Waals surface area contributed by atoms with Gasteiger partial charge in [0, 0.05) is 13.2 Å². The molecule has 0 atom stereocenters. The van der Waals surface area contributed by atoms with Crippen molar-refractivity contribution in [2.24, 2.45) is 14.1 Å². The van der Waals surface area contributed by atoms with Gasteiger partial charge in [-0.15, -0.1) is 0 Å². The molecule has 0 bridgehead atoms. The lowest BCUT2D eigenvalue weighted by Crippen LogP contribution is -2.00. The smallest absolute Gasteiger partial charge is 0.342 e. The van der Waals surface area contributed by atoms with Gasteiger partial charge in [-0.05, 0) is 4.92 Å². The Morgan fingerprint density at radius 3 is 2.76 bits per heavy atom. The third kappa shape index (κ3) is 1.63. The number of rotatable bonds is 2. The van der Waals surface area contributed by atoms with Gasteiger partial charge < -0.3 is 10.1 Å². The van der Waals surface area contributed by atoms with Gasteiger partial charge in [-0.25, -0.2) is 9.55 Å². The molecule has 8 heteroatoms. The molecule has 0 N–H and O–H groups in total. The number of imidazole rings is 1. The highest BCUT2D eigenvalue weighted by Crippen LogP contribution is 2.23. The summed E-state index contributed by atoms with van der Waals surface area (Å²) in [4.78, 5) is 14.1. The number of aryl methyl sites for hydroxylation is 1. The molecule has 17 heavy (non-hydrogen) atoms. The van der Waals surface area contributed by atoms with Crippen molar-refractivity contribution < 1.29 is 4.92 Å². The standard InChI is InChI=1S/C9H8N6O2/c1-13-5-6(3-10)8(12-13)9-11-4-7(14(9)2)15(16)17/h4-5H,1-2H3. The Kier molecular flexibility index (Phi) is 2.36. The molecule has 0 spiro atoms. The minimum Gasteiger partial charge on any atom is -0.358 e. The van der Waals surface area contributed by atoms with Gasteiger partial charge in [0.1, 0.15) is 17.8 Å². The first-order chi connectivity index (χ1) is 8.04. The van der Waals surface area contributed by atoms with Crippen LogP contribution in [0.25, 0.3) is 11.5 Å². The molecule has 0 aromatic carbocycles. The van der Waals surface area contributed by atoms with Gasteiger partial charge in [-0.2, -0.15) is 10.4 Å². The van der Waals surface area contributed by atoms with Crippen LogP contribution < -0.4 is 0 Å². The van der Waals surface area contributed by atoms with E-state index in [0.29, 0.717) is 17.1 Å². The summed E-state index contributed by atoms with van der Waals surface area (Å²) < 4.78 is 2.76. The molecule has 0 aliphatic rings. The highest BCUT2D eigenvalue weighted by atomic mass is 16.6. The summed E-state index contributed by atoms with van der Waals surface area (Å²) >= 11 is 0. The average Bonchev–Trinajstić information content (AvgIpc) is 2.81. The van der Waals surface area contributed by atoms with E-state index in [4.69, 9.17) is 5.26 Å². The summed E-state index contributed by atoms with van der Waals surface area (Å²) in [5.41, 5.74) is 0.668. The molecule has 0 fully saturated rings. The van der Waals surface area contributed by atoms with E-state index in [9.17, 15) is 10.1 Å². The van der Waals surface area contributed by atoms with Crippen molar-refractivity contribution in [1.29, 1.82) is 5.26 Å². The van der Waals surface area contributed by atoms with Crippen LogP contribution in [0.2, 0.25) is 0 Å². The van der Waals surface area contributed by atoms with Crippen LogP contribution in [0, 0.1) is 21.4 Å². The van der Waals surface area contributed by atoms with Gasteiger partial charge in [-0.3, -0.25) is 4.68 Å². The first kappa shape index (κ1) is 10.8. The van der Waals surface area contributed by atoms with Gasteiger partial charge in [0.25, 0.3) is 5.82 Å². The Hall–Kier alpha value is -2.69. The predicted octanol–water partition coefficient (Wildman–Crippen LogP) is 0.600. The molecular formula is C9H8N6O2. The molecule has 0 amide bonds. The second-order valence-corrected chi connectivity index (χ2v) is 3.43. The number of hydrogen-bond acceptors (Lipinski definition) is 5. The monoisotopic (exact) mass is 232 g/mol. The molecule has 2 aromatic rings. The van der Waals surface area contributed by atoms with Crippen molar-refractivity contribution in [1.82, 2.24) is 19.3 Å². The quantitative estimate of drug-likeness (QED) is 0.557. The summed E-state index contributed by atoms with van der Waals surface area (Å²) in [5, 5.41) is 23.7. The number of nitrogens with zero attached hydrogens (tertiary/aromatic N) is 6. The molecule has 0 saturated carbocycles. The molecule has 0 aliphatic heterocycles. The Bertz CT molecular complexity index is 632. The second kappa shape index (κ2) is 3.71. The number of hydrogen-bond donors (Lipinski definition) is 0. The molecular weight excluding hydrogens is 224 g/mol. The van der Waals surface area contributed by atoms with Gasteiger partial charge in [0.15, 0.2) is 5.69 Å². The first-order valence-corrected chi connectivity index (χ1v) is 4.64. The third-order valence-electron chi connectivity index (χ3n) is 2.31. The molecule has 8 nitrogen and oxygen atoms in total. The topological polar surface area (TPSA) is 103 Å². The van der Waals surface area contributed by atoms with Crippen LogP contribution >= 0.6 is 0 Å². The van der Waals surface area contributed by atoms with E-state index in [1.54, 1.807) is 7.05 Å². The zero-order valence-corrected chi connectivity index (χ0v) is 9.15. The van der Waals surface area contributed by atoms with Crippen molar-refractivity contribution in [3.05, 3.63) is 28.1 Å². The number of nitro groups is 1. The van der Waals surface area contributed by atoms with Crippen molar-refractivity contribution in [2.75, 3.05) is 0 Å². The Labute approximate surface area is 95.9 Å². The Balaban J connectivity index is 2.62. The summed E-state index contributed by atoms with van der Waals surface area (Å²) in [6, 6.07) is 1.97. The fraction of sp³-hybridized carbons (Fsp3) is 0.222. The zero-order valence-electron chi connectivity index (χ0n) is 9.15. The van der Waals surface area contributed by atoms with Crippen LogP contribution in [0.1, 0.15) is 5.56 Å². The minimum atomic E-state index is -0.536. The van der Waals surface area contributed by atoms with E-state index in [1.165, 1.54) is 22.5 Å². The molecule has 86 valence electrons. The highest BCUT2D eigenvalue weighted by molar-refractivity contribution is 5.60. The van der Waals surface area contributed by atoms with E-state index in [2.05, 4.69) is 10.1 Å². The van der Waals surface area contributed by atoms with Crippen molar-refractivity contribution >= 4 is 5.82 Å². The van der Waals surface area contributed by atoms with Crippen LogP contribution in [0.5, 0.6) is 0 Å². The lowest BCUT2D eigenvalue weighted by molar-refractivity contribution is -0.391. The SMILES string of the molecule is Cn1cc(C#N)c(-c2ncc([N+](=O)[O-])n2C)n1. The molecule has 2 heterocycles. The lowest BCUT2D eigenvalue weighted by atomic mass is 10.2. The molecule has 0 aliphatic carbocycles. The van der Waals surface area contributed by atoms with E-state index in [1.807, 2.05) is 6.07 Å². The highest BCUT2D eigenvalue weighted by Gasteiger charge is 2.22. The van der Waals surface area contributed by atoms with E-state index in [0.717, 1.165) is 6.20 Å². The summed E-state index contributed by atoms with van der Waals surface area (Å²) in [5.74, 6) is 0.156. The third-order valence-corrected chi connectivity index (χ3v) is 2.31. The molecule has 0 radical (unpaired) electrons. The number of nitriles is 1. The van der Waals surface area contributed by atoms with Crippen LogP contribution in [0.4, 0.5) is 5.82 Å². The number of aromatic nitrogens is 4. The molecule has 2 aromatic heterocycles. The average molecular weight is 232 g/mol. The van der Waals surface area contributed by atoms with Gasteiger partial charge in [-0.1, -0.05) is 0 Å². The minimum absolute atomic E-state index is 0.144. The second-order valence-electron chi connectivity index (χ2n) is 3.43. The fourth-order valence-corrected chi connectivity index (χ4v) is 1.53.